The summed E-state index contributed by atoms with van der Waals surface area (Å²) in [4.78, 5) is 39.4. The van der Waals surface area contributed by atoms with Crippen molar-refractivity contribution in [1.82, 2.24) is 15.0 Å². The number of H-pyrrole nitrogens is 1. The van der Waals surface area contributed by atoms with E-state index >= 15 is 0 Å². The minimum Gasteiger partial charge on any atom is -0.378 e. The average molecular weight is 347 g/mol. The number of aromatic amines is 1. The number of fused-ring (bicyclic) bond motifs is 1. The van der Waals surface area contributed by atoms with Crippen molar-refractivity contribution in [3.05, 3.63) is 32.0 Å². The molecule has 126 valence electrons. The van der Waals surface area contributed by atoms with Gasteiger partial charge in [-0.25, -0.2) is 4.98 Å². The molecule has 24 heavy (non-hydrogen) atoms. The Kier molecular flexibility index (Phi) is 3.81. The summed E-state index contributed by atoms with van der Waals surface area (Å²) in [6.07, 6.45) is 0.234. The predicted molar refractivity (Wildman–Crippen MR) is 89.8 cm³/mol. The third kappa shape index (κ3) is 2.59. The topological polar surface area (TPSA) is 100 Å². The number of amides is 1. The Morgan fingerprint density at radius 3 is 2.83 bits per heavy atom. The van der Waals surface area contributed by atoms with Crippen LogP contribution in [0.4, 0.5) is 11.8 Å². The molecule has 2 aromatic rings. The molecule has 1 atom stereocenters. The molecule has 4 heterocycles. The highest BCUT2D eigenvalue weighted by molar-refractivity contribution is 7.09. The Hall–Kier alpha value is -2.26. The maximum Gasteiger partial charge on any atom is 0.258 e. The van der Waals surface area contributed by atoms with E-state index in [1.807, 2.05) is 11.8 Å². The molecular formula is C15H17N5O3S. The van der Waals surface area contributed by atoms with Gasteiger partial charge in [0.25, 0.3) is 5.56 Å². The molecule has 0 spiro atoms. The molecule has 2 aromatic heterocycles. The summed E-state index contributed by atoms with van der Waals surface area (Å²) in [6.45, 7) is 4.40. The number of aryl methyl sites for hydroxylation is 1. The minimum atomic E-state index is -0.295. The number of morpholine rings is 1. The van der Waals surface area contributed by atoms with Crippen LogP contribution < -0.4 is 15.8 Å². The number of rotatable bonds is 2. The van der Waals surface area contributed by atoms with Crippen LogP contribution in [-0.4, -0.2) is 47.2 Å². The molecule has 2 N–H and O–H groups in total. The van der Waals surface area contributed by atoms with Crippen LogP contribution in [0, 0.1) is 6.92 Å². The average Bonchev–Trinajstić information content (AvgIpc) is 3.00. The van der Waals surface area contributed by atoms with Crippen LogP contribution in [0.3, 0.4) is 0 Å². The highest BCUT2D eigenvalue weighted by Crippen LogP contribution is 2.37. The van der Waals surface area contributed by atoms with Crippen LogP contribution in [0.2, 0.25) is 0 Å². The fraction of sp³-hybridized carbons (Fsp3) is 0.467. The fourth-order valence-corrected chi connectivity index (χ4v) is 4.07. The Morgan fingerprint density at radius 1 is 1.33 bits per heavy atom. The molecule has 4 rings (SSSR count). The van der Waals surface area contributed by atoms with Crippen molar-refractivity contribution in [3.8, 4) is 0 Å². The first kappa shape index (κ1) is 15.3. The zero-order valence-electron chi connectivity index (χ0n) is 13.2. The number of hydrogen-bond acceptors (Lipinski definition) is 7. The first-order valence-electron chi connectivity index (χ1n) is 7.80. The van der Waals surface area contributed by atoms with E-state index in [1.165, 1.54) is 11.3 Å². The molecule has 1 saturated heterocycles. The zero-order chi connectivity index (χ0) is 16.7. The van der Waals surface area contributed by atoms with Gasteiger partial charge in [-0.1, -0.05) is 0 Å². The lowest BCUT2D eigenvalue weighted by Crippen LogP contribution is -2.40. The largest absolute Gasteiger partial charge is 0.378 e. The summed E-state index contributed by atoms with van der Waals surface area (Å²) < 4.78 is 5.32. The molecule has 2 aliphatic heterocycles. The van der Waals surface area contributed by atoms with Gasteiger partial charge in [-0.15, -0.1) is 11.3 Å². The highest BCUT2D eigenvalue weighted by atomic mass is 32.1. The number of carbonyl (C=O) groups is 1. The first-order chi connectivity index (χ1) is 11.6. The van der Waals surface area contributed by atoms with E-state index in [2.05, 4.69) is 20.3 Å². The number of hydrogen-bond donors (Lipinski definition) is 2. The molecular weight excluding hydrogens is 330 g/mol. The monoisotopic (exact) mass is 347 g/mol. The molecule has 0 saturated carbocycles. The van der Waals surface area contributed by atoms with Crippen molar-refractivity contribution in [2.45, 2.75) is 19.3 Å². The minimum absolute atomic E-state index is 0.133. The van der Waals surface area contributed by atoms with Crippen molar-refractivity contribution in [3.63, 3.8) is 0 Å². The van der Waals surface area contributed by atoms with Crippen molar-refractivity contribution >= 4 is 29.0 Å². The van der Waals surface area contributed by atoms with Gasteiger partial charge in [0.1, 0.15) is 5.82 Å². The van der Waals surface area contributed by atoms with Gasteiger partial charge in [0, 0.05) is 30.3 Å². The second kappa shape index (κ2) is 5.99. The Labute approximate surface area is 141 Å². The lowest BCUT2D eigenvalue weighted by Gasteiger charge is -2.29. The second-order valence-corrected chi connectivity index (χ2v) is 6.74. The summed E-state index contributed by atoms with van der Waals surface area (Å²) in [6, 6.07) is 0. The second-order valence-electron chi connectivity index (χ2n) is 5.86. The third-order valence-electron chi connectivity index (χ3n) is 4.35. The van der Waals surface area contributed by atoms with Gasteiger partial charge in [0.05, 0.1) is 30.0 Å². The molecule has 0 aromatic carbocycles. The maximum absolute atomic E-state index is 12.7. The third-order valence-corrected chi connectivity index (χ3v) is 5.39. The van der Waals surface area contributed by atoms with Crippen molar-refractivity contribution in [2.75, 3.05) is 36.5 Å². The van der Waals surface area contributed by atoms with Gasteiger partial charge < -0.3 is 15.0 Å². The standard InChI is InChI=1S/C15H17N5O3S/c1-8-12(24-7-16-8)9-6-10(21)17-13-11(9)14(22)19-15(18-13)20-2-4-23-5-3-20/h7,9H,2-6H2,1H3,(H2,17,18,19,21,22). The van der Waals surface area contributed by atoms with Gasteiger partial charge in [-0.3, -0.25) is 14.6 Å². The first-order valence-corrected chi connectivity index (χ1v) is 8.68. The van der Waals surface area contributed by atoms with Crippen LogP contribution in [-0.2, 0) is 9.53 Å². The van der Waals surface area contributed by atoms with Crippen LogP contribution >= 0.6 is 11.3 Å². The molecule has 1 unspecified atom stereocenters. The SMILES string of the molecule is Cc1ncsc1C1CC(=O)Nc2nc(N3CCOCC3)[nH]c(=O)c21. The molecule has 2 aliphatic rings. The summed E-state index contributed by atoms with van der Waals surface area (Å²) in [5, 5.41) is 2.75. The lowest BCUT2D eigenvalue weighted by atomic mass is 9.91. The lowest BCUT2D eigenvalue weighted by molar-refractivity contribution is -0.116. The molecule has 9 heteroatoms. The van der Waals surface area contributed by atoms with Crippen LogP contribution in [0.5, 0.6) is 0 Å². The summed E-state index contributed by atoms with van der Waals surface area (Å²) in [5.74, 6) is 0.404. The number of carbonyl (C=O) groups excluding carboxylic acids is 1. The Morgan fingerprint density at radius 2 is 2.12 bits per heavy atom. The van der Waals surface area contributed by atoms with E-state index in [1.54, 1.807) is 5.51 Å². The van der Waals surface area contributed by atoms with Crippen LogP contribution in [0.25, 0.3) is 0 Å². The normalized spacial score (nSPS) is 20.6. The van der Waals surface area contributed by atoms with Crippen molar-refractivity contribution < 1.29 is 9.53 Å². The van der Waals surface area contributed by atoms with Crippen LogP contribution in [0.1, 0.15) is 28.5 Å². The van der Waals surface area contributed by atoms with Gasteiger partial charge >= 0.3 is 0 Å². The number of nitrogens with one attached hydrogen (secondary N) is 2. The number of aromatic nitrogens is 3. The van der Waals surface area contributed by atoms with Gasteiger partial charge in [0.15, 0.2) is 0 Å². The van der Waals surface area contributed by atoms with Gasteiger partial charge in [-0.2, -0.15) is 4.98 Å². The van der Waals surface area contributed by atoms with Crippen LogP contribution in [0.15, 0.2) is 10.3 Å². The molecule has 0 aliphatic carbocycles. The molecule has 0 bridgehead atoms. The molecule has 0 radical (unpaired) electrons. The maximum atomic E-state index is 12.7. The predicted octanol–water partition coefficient (Wildman–Crippen LogP) is 0.846. The fourth-order valence-electron chi connectivity index (χ4n) is 3.15. The van der Waals surface area contributed by atoms with E-state index in [4.69, 9.17) is 4.74 Å². The van der Waals surface area contributed by atoms with E-state index in [9.17, 15) is 9.59 Å². The quantitative estimate of drug-likeness (QED) is 0.835. The smallest absolute Gasteiger partial charge is 0.258 e. The number of thiazole rings is 1. The van der Waals surface area contributed by atoms with Gasteiger partial charge in [-0.05, 0) is 6.92 Å². The van der Waals surface area contributed by atoms with Gasteiger partial charge in [0.2, 0.25) is 11.9 Å². The number of anilines is 2. The van der Waals surface area contributed by atoms with E-state index in [0.29, 0.717) is 43.6 Å². The number of nitrogens with zero attached hydrogens (tertiary/aromatic N) is 3. The van der Waals surface area contributed by atoms with E-state index in [-0.39, 0.29) is 23.8 Å². The van der Waals surface area contributed by atoms with Crippen molar-refractivity contribution in [1.29, 1.82) is 0 Å². The highest BCUT2D eigenvalue weighted by Gasteiger charge is 2.33. The van der Waals surface area contributed by atoms with E-state index in [0.717, 1.165) is 10.6 Å². The van der Waals surface area contributed by atoms with E-state index < -0.39 is 0 Å². The molecule has 1 amide bonds. The summed E-state index contributed by atoms with van der Waals surface area (Å²) >= 11 is 1.46. The zero-order valence-corrected chi connectivity index (χ0v) is 14.0. The van der Waals surface area contributed by atoms with Crippen molar-refractivity contribution in [2.24, 2.45) is 0 Å². The number of ether oxygens (including phenoxy) is 1. The summed E-state index contributed by atoms with van der Waals surface area (Å²) in [5.41, 5.74) is 2.89. The molecule has 1 fully saturated rings. The molecule has 8 nitrogen and oxygen atoms in total. The Balaban J connectivity index is 1.79. The summed E-state index contributed by atoms with van der Waals surface area (Å²) in [7, 11) is 0. The Bertz CT molecular complexity index is 840.